The van der Waals surface area contributed by atoms with Crippen LogP contribution in [0.2, 0.25) is 0 Å². The molecule has 1 saturated heterocycles. The molecule has 1 aromatic carbocycles. The molecule has 0 aliphatic carbocycles. The van der Waals surface area contributed by atoms with Crippen LogP contribution >= 0.6 is 0 Å². The summed E-state index contributed by atoms with van der Waals surface area (Å²) in [5.41, 5.74) is 1.09. The lowest BCUT2D eigenvalue weighted by molar-refractivity contribution is 0.101. The number of rotatable bonds is 3. The van der Waals surface area contributed by atoms with Crippen LogP contribution < -0.4 is 4.90 Å². The summed E-state index contributed by atoms with van der Waals surface area (Å²) in [7, 11) is 0. The van der Waals surface area contributed by atoms with E-state index < -0.39 is 0 Å². The van der Waals surface area contributed by atoms with Crippen LogP contribution in [0.4, 0.5) is 10.1 Å². The number of Topliss-reactive ketones (excluding diaryl/α,β-unsaturated/α-hetero) is 1. The second-order valence-corrected chi connectivity index (χ2v) is 5.43. The van der Waals surface area contributed by atoms with Gasteiger partial charge in [-0.15, -0.1) is 0 Å². The van der Waals surface area contributed by atoms with E-state index in [1.54, 1.807) is 12.3 Å². The van der Waals surface area contributed by atoms with Crippen molar-refractivity contribution in [3.63, 3.8) is 0 Å². The minimum Gasteiger partial charge on any atom is -0.369 e. The zero-order valence-electron chi connectivity index (χ0n) is 12.0. The van der Waals surface area contributed by atoms with Gasteiger partial charge >= 0.3 is 0 Å². The number of benzene rings is 1. The zero-order chi connectivity index (χ0) is 14.8. The molecule has 0 bridgehead atoms. The molecule has 1 fully saturated rings. The molecule has 5 heteroatoms. The maximum absolute atomic E-state index is 14.0. The minimum absolute atomic E-state index is 0.0392. The van der Waals surface area contributed by atoms with Gasteiger partial charge in [0.05, 0.1) is 11.7 Å². The molecule has 1 aliphatic rings. The topological polar surface area (TPSA) is 38.1 Å². The average molecular weight is 287 g/mol. The number of halogens is 1. The van der Waals surface area contributed by atoms with Crippen molar-refractivity contribution in [1.29, 1.82) is 0 Å². The highest BCUT2D eigenvalue weighted by atomic mass is 19.1. The molecule has 21 heavy (non-hydrogen) atoms. The molecular weight excluding hydrogens is 269 g/mol. The van der Waals surface area contributed by atoms with Crippen LogP contribution in [-0.2, 0) is 0 Å². The van der Waals surface area contributed by atoms with Gasteiger partial charge in [0.25, 0.3) is 0 Å². The molecule has 2 heterocycles. The van der Waals surface area contributed by atoms with Gasteiger partial charge < -0.3 is 4.90 Å². The average Bonchev–Trinajstić information content (AvgIpc) is 3.02. The van der Waals surface area contributed by atoms with E-state index in [1.165, 1.54) is 19.1 Å². The number of anilines is 1. The standard InChI is InChI=1S/C16H18FN3O/c1-12(21)13-3-4-15(17)16(11-13)19-9-5-14(6-10-19)20-8-2-7-18-20/h2-4,7-8,11,14H,5-6,9-10H2,1H3. The second kappa shape index (κ2) is 5.68. The summed E-state index contributed by atoms with van der Waals surface area (Å²) in [6.07, 6.45) is 5.59. The fraction of sp³-hybridized carbons (Fsp3) is 0.375. The van der Waals surface area contributed by atoms with Gasteiger partial charge in [-0.05, 0) is 44.0 Å². The first kappa shape index (κ1) is 13.8. The van der Waals surface area contributed by atoms with E-state index in [1.807, 2.05) is 21.8 Å². The Labute approximate surface area is 123 Å². The third-order valence-electron chi connectivity index (χ3n) is 4.06. The summed E-state index contributed by atoms with van der Waals surface area (Å²) in [6.45, 7) is 3.03. The van der Waals surface area contributed by atoms with E-state index in [-0.39, 0.29) is 11.6 Å². The van der Waals surface area contributed by atoms with Crippen LogP contribution in [0.3, 0.4) is 0 Å². The van der Waals surface area contributed by atoms with Crippen molar-refractivity contribution in [1.82, 2.24) is 9.78 Å². The molecular formula is C16H18FN3O. The van der Waals surface area contributed by atoms with Crippen LogP contribution in [0.15, 0.2) is 36.7 Å². The van der Waals surface area contributed by atoms with Crippen molar-refractivity contribution >= 4 is 11.5 Å². The van der Waals surface area contributed by atoms with Gasteiger partial charge in [-0.1, -0.05) is 0 Å². The highest BCUT2D eigenvalue weighted by Gasteiger charge is 2.23. The lowest BCUT2D eigenvalue weighted by atomic mass is 10.0. The number of piperidine rings is 1. The van der Waals surface area contributed by atoms with E-state index in [0.29, 0.717) is 17.3 Å². The second-order valence-electron chi connectivity index (χ2n) is 5.43. The number of hydrogen-bond acceptors (Lipinski definition) is 3. The quantitative estimate of drug-likeness (QED) is 0.814. The van der Waals surface area contributed by atoms with Crippen LogP contribution in [0.25, 0.3) is 0 Å². The monoisotopic (exact) mass is 287 g/mol. The number of hydrogen-bond donors (Lipinski definition) is 0. The Kier molecular flexibility index (Phi) is 3.73. The molecule has 0 amide bonds. The van der Waals surface area contributed by atoms with E-state index in [0.717, 1.165) is 25.9 Å². The molecule has 0 atom stereocenters. The maximum atomic E-state index is 14.0. The number of carbonyl (C=O) groups is 1. The Hall–Kier alpha value is -2.17. The van der Waals surface area contributed by atoms with Crippen molar-refractivity contribution in [2.45, 2.75) is 25.8 Å². The predicted octanol–water partition coefficient (Wildman–Crippen LogP) is 3.07. The fourth-order valence-corrected chi connectivity index (χ4v) is 2.84. The molecule has 3 rings (SSSR count). The van der Waals surface area contributed by atoms with Gasteiger partial charge in [-0.2, -0.15) is 5.10 Å². The molecule has 1 aliphatic heterocycles. The highest BCUT2D eigenvalue weighted by molar-refractivity contribution is 5.95. The normalized spacial score (nSPS) is 16.2. The van der Waals surface area contributed by atoms with E-state index in [2.05, 4.69) is 5.10 Å². The van der Waals surface area contributed by atoms with Crippen LogP contribution in [0.5, 0.6) is 0 Å². The molecule has 4 nitrogen and oxygen atoms in total. The zero-order valence-corrected chi connectivity index (χ0v) is 12.0. The molecule has 0 N–H and O–H groups in total. The fourth-order valence-electron chi connectivity index (χ4n) is 2.84. The Morgan fingerprint density at radius 3 is 2.71 bits per heavy atom. The lowest BCUT2D eigenvalue weighted by Gasteiger charge is -2.34. The maximum Gasteiger partial charge on any atom is 0.159 e. The summed E-state index contributed by atoms with van der Waals surface area (Å²) in [5, 5.41) is 4.27. The summed E-state index contributed by atoms with van der Waals surface area (Å²) < 4.78 is 16.0. The Balaban J connectivity index is 1.75. The van der Waals surface area contributed by atoms with Crippen molar-refractivity contribution in [2.24, 2.45) is 0 Å². The van der Waals surface area contributed by atoms with Crippen LogP contribution in [-0.4, -0.2) is 28.7 Å². The molecule has 0 saturated carbocycles. The first-order chi connectivity index (χ1) is 10.1. The van der Waals surface area contributed by atoms with E-state index >= 15 is 0 Å². The SMILES string of the molecule is CC(=O)c1ccc(F)c(N2CCC(n3cccn3)CC2)c1. The first-order valence-electron chi connectivity index (χ1n) is 7.19. The van der Waals surface area contributed by atoms with Gasteiger partial charge in [-0.25, -0.2) is 4.39 Å². The Morgan fingerprint density at radius 1 is 1.33 bits per heavy atom. The molecule has 0 spiro atoms. The summed E-state index contributed by atoms with van der Waals surface area (Å²) in [5.74, 6) is -0.305. The van der Waals surface area contributed by atoms with E-state index in [9.17, 15) is 9.18 Å². The molecule has 0 radical (unpaired) electrons. The van der Waals surface area contributed by atoms with Crippen molar-refractivity contribution < 1.29 is 9.18 Å². The molecule has 0 unspecified atom stereocenters. The van der Waals surface area contributed by atoms with E-state index in [4.69, 9.17) is 0 Å². The lowest BCUT2D eigenvalue weighted by Crippen LogP contribution is -2.35. The van der Waals surface area contributed by atoms with Crippen molar-refractivity contribution in [2.75, 3.05) is 18.0 Å². The van der Waals surface area contributed by atoms with Gasteiger partial charge in [-0.3, -0.25) is 9.48 Å². The van der Waals surface area contributed by atoms with Gasteiger partial charge in [0.1, 0.15) is 5.82 Å². The Bertz CT molecular complexity index is 631. The number of nitrogens with zero attached hydrogens (tertiary/aromatic N) is 3. The summed E-state index contributed by atoms with van der Waals surface area (Å²) in [6, 6.07) is 6.87. The Morgan fingerprint density at radius 2 is 2.10 bits per heavy atom. The van der Waals surface area contributed by atoms with Gasteiger partial charge in [0, 0.05) is 31.0 Å². The predicted molar refractivity (Wildman–Crippen MR) is 79.1 cm³/mol. The smallest absolute Gasteiger partial charge is 0.159 e. The van der Waals surface area contributed by atoms with Crippen LogP contribution in [0.1, 0.15) is 36.2 Å². The highest BCUT2D eigenvalue weighted by Crippen LogP contribution is 2.28. The largest absolute Gasteiger partial charge is 0.369 e. The molecule has 1 aromatic heterocycles. The third-order valence-corrected chi connectivity index (χ3v) is 4.06. The van der Waals surface area contributed by atoms with Crippen molar-refractivity contribution in [3.8, 4) is 0 Å². The van der Waals surface area contributed by atoms with Crippen LogP contribution in [0, 0.1) is 5.82 Å². The number of aromatic nitrogens is 2. The van der Waals surface area contributed by atoms with Gasteiger partial charge in [0.2, 0.25) is 0 Å². The molecule has 2 aromatic rings. The number of ketones is 1. The minimum atomic E-state index is -0.266. The first-order valence-corrected chi connectivity index (χ1v) is 7.19. The van der Waals surface area contributed by atoms with Gasteiger partial charge in [0.15, 0.2) is 5.78 Å². The summed E-state index contributed by atoms with van der Waals surface area (Å²) in [4.78, 5) is 13.5. The van der Waals surface area contributed by atoms with Crippen molar-refractivity contribution in [3.05, 3.63) is 48.0 Å². The molecule has 110 valence electrons. The third kappa shape index (κ3) is 2.82. The number of carbonyl (C=O) groups excluding carboxylic acids is 1. The summed E-state index contributed by atoms with van der Waals surface area (Å²) >= 11 is 0.